The van der Waals surface area contributed by atoms with Crippen molar-refractivity contribution in [3.8, 4) is 0 Å². The van der Waals surface area contributed by atoms with Crippen molar-refractivity contribution in [2.45, 2.75) is 91.0 Å². The van der Waals surface area contributed by atoms with Gasteiger partial charge < -0.3 is 19.3 Å². The lowest BCUT2D eigenvalue weighted by atomic mass is 9.74. The Hall–Kier alpha value is -1.14. The number of esters is 2. The molecule has 154 valence electrons. The molecule has 3 fully saturated rings. The minimum Gasteiger partial charge on any atom is -0.465 e. The van der Waals surface area contributed by atoms with Crippen LogP contribution in [-0.2, 0) is 23.8 Å². The van der Waals surface area contributed by atoms with Crippen LogP contribution in [0.5, 0.6) is 0 Å². The molecule has 2 aliphatic carbocycles. The molecule has 0 aromatic rings. The van der Waals surface area contributed by atoms with Crippen molar-refractivity contribution in [2.24, 2.45) is 16.2 Å². The van der Waals surface area contributed by atoms with E-state index in [4.69, 9.17) is 14.2 Å². The van der Waals surface area contributed by atoms with Crippen molar-refractivity contribution >= 4 is 11.9 Å². The zero-order valence-electron chi connectivity index (χ0n) is 17.1. The summed E-state index contributed by atoms with van der Waals surface area (Å²) in [5, 5.41) is 9.86. The first-order valence-corrected chi connectivity index (χ1v) is 10.2. The first-order valence-electron chi connectivity index (χ1n) is 10.2. The Morgan fingerprint density at radius 1 is 1.00 bits per heavy atom. The summed E-state index contributed by atoms with van der Waals surface area (Å²) in [4.78, 5) is 25.1. The quantitative estimate of drug-likeness (QED) is 0.561. The predicted octanol–water partition coefficient (Wildman–Crippen LogP) is 3.00. The normalized spacial score (nSPS) is 38.6. The minimum atomic E-state index is -0.624. The minimum absolute atomic E-state index is 0.182. The average molecular weight is 382 g/mol. The van der Waals surface area contributed by atoms with Crippen molar-refractivity contribution in [1.82, 2.24) is 0 Å². The molecule has 3 rings (SSSR count). The molecule has 1 N–H and O–H groups in total. The van der Waals surface area contributed by atoms with Crippen molar-refractivity contribution in [3.63, 3.8) is 0 Å². The maximum Gasteiger partial charge on any atom is 0.311 e. The summed E-state index contributed by atoms with van der Waals surface area (Å²) < 4.78 is 16.7. The number of hydrogen-bond donors (Lipinski definition) is 1. The summed E-state index contributed by atoms with van der Waals surface area (Å²) in [5.74, 6) is -0.449. The van der Waals surface area contributed by atoms with Crippen molar-refractivity contribution in [2.75, 3.05) is 13.2 Å². The highest BCUT2D eigenvalue weighted by Gasteiger charge is 2.52. The molecule has 3 aliphatic rings. The Morgan fingerprint density at radius 3 is 2.15 bits per heavy atom. The zero-order chi connectivity index (χ0) is 19.9. The molecule has 27 heavy (non-hydrogen) atoms. The highest BCUT2D eigenvalue weighted by Crippen LogP contribution is 2.47. The molecule has 6 heteroatoms. The number of rotatable bonds is 6. The average Bonchev–Trinajstić information content (AvgIpc) is 3.35. The number of aliphatic hydroxyl groups is 1. The van der Waals surface area contributed by atoms with E-state index in [-0.39, 0.29) is 31.3 Å². The Labute approximate surface area is 161 Å². The number of hydrogen-bond acceptors (Lipinski definition) is 6. The fraction of sp³-hybridized carbons (Fsp3) is 0.905. The third kappa shape index (κ3) is 4.83. The maximum absolute atomic E-state index is 12.6. The topological polar surface area (TPSA) is 85.4 Å². The van der Waals surface area contributed by atoms with Crippen LogP contribution < -0.4 is 0 Å². The van der Waals surface area contributed by atoms with Crippen LogP contribution in [0.4, 0.5) is 0 Å². The summed E-state index contributed by atoms with van der Waals surface area (Å²) in [6.07, 6.45) is 5.34. The van der Waals surface area contributed by atoms with Crippen LogP contribution in [0.2, 0.25) is 0 Å². The molecular weight excluding hydrogens is 348 g/mol. The molecule has 1 aliphatic heterocycles. The Bertz CT molecular complexity index is 559. The number of ether oxygens (including phenoxy) is 3. The molecule has 6 nitrogen and oxygen atoms in total. The summed E-state index contributed by atoms with van der Waals surface area (Å²) >= 11 is 0. The van der Waals surface area contributed by atoms with E-state index >= 15 is 0 Å². The molecule has 0 aromatic carbocycles. The van der Waals surface area contributed by atoms with Crippen LogP contribution in [-0.4, -0.2) is 48.6 Å². The molecule has 0 amide bonds. The largest absolute Gasteiger partial charge is 0.465 e. The predicted molar refractivity (Wildman–Crippen MR) is 98.9 cm³/mol. The standard InChI is InChI=1S/C21H34O6/c1-19(2,12-25-17(23)20(3)8-5-6-14(22)10-20)13-26-18(24)21(4)9-7-15-16(11-21)27-15/h14-16,22H,5-13H2,1-4H3/t14?,15?,16?,20?,21-/m1/s1. The van der Waals surface area contributed by atoms with Crippen molar-refractivity contribution < 1.29 is 28.9 Å². The first-order chi connectivity index (χ1) is 12.5. The lowest BCUT2D eigenvalue weighted by molar-refractivity contribution is -0.167. The van der Waals surface area contributed by atoms with Crippen LogP contribution >= 0.6 is 0 Å². The number of carbonyl (C=O) groups is 2. The number of epoxide rings is 1. The number of aliphatic hydroxyl groups excluding tert-OH is 1. The molecule has 0 spiro atoms. The Balaban J connectivity index is 1.45. The highest BCUT2D eigenvalue weighted by atomic mass is 16.6. The molecule has 0 radical (unpaired) electrons. The van der Waals surface area contributed by atoms with Gasteiger partial charge in [0, 0.05) is 5.41 Å². The summed E-state index contributed by atoms with van der Waals surface area (Å²) in [7, 11) is 0. The summed E-state index contributed by atoms with van der Waals surface area (Å²) in [6.45, 7) is 8.07. The van der Waals surface area contributed by atoms with Gasteiger partial charge in [0.15, 0.2) is 0 Å². The van der Waals surface area contributed by atoms with Gasteiger partial charge in [0.05, 0.1) is 42.4 Å². The third-order valence-corrected chi connectivity index (χ3v) is 6.45. The number of carbonyl (C=O) groups excluding carboxylic acids is 2. The molecule has 5 atom stereocenters. The molecule has 0 aromatic heterocycles. The molecule has 0 bridgehead atoms. The van der Waals surface area contributed by atoms with Gasteiger partial charge in [-0.2, -0.15) is 0 Å². The van der Waals surface area contributed by atoms with Gasteiger partial charge in [-0.05, 0) is 58.8 Å². The van der Waals surface area contributed by atoms with Gasteiger partial charge in [0.25, 0.3) is 0 Å². The maximum atomic E-state index is 12.6. The van der Waals surface area contributed by atoms with Gasteiger partial charge in [-0.3, -0.25) is 9.59 Å². The first kappa shape index (κ1) is 20.6. The van der Waals surface area contributed by atoms with Gasteiger partial charge in [-0.15, -0.1) is 0 Å². The Kier molecular flexibility index (Phi) is 5.61. The molecular formula is C21H34O6. The van der Waals surface area contributed by atoms with Crippen molar-refractivity contribution in [1.29, 1.82) is 0 Å². The van der Waals surface area contributed by atoms with Gasteiger partial charge >= 0.3 is 11.9 Å². The van der Waals surface area contributed by atoms with E-state index < -0.39 is 22.3 Å². The monoisotopic (exact) mass is 382 g/mol. The Morgan fingerprint density at radius 2 is 1.59 bits per heavy atom. The highest BCUT2D eigenvalue weighted by molar-refractivity contribution is 5.77. The second-order valence-corrected chi connectivity index (χ2v) is 10.1. The van der Waals surface area contributed by atoms with E-state index in [2.05, 4.69) is 0 Å². The van der Waals surface area contributed by atoms with Crippen LogP contribution in [0.3, 0.4) is 0 Å². The molecule has 1 heterocycles. The van der Waals surface area contributed by atoms with Gasteiger partial charge in [0.1, 0.15) is 0 Å². The van der Waals surface area contributed by atoms with E-state index in [9.17, 15) is 14.7 Å². The van der Waals surface area contributed by atoms with E-state index in [1.165, 1.54) is 0 Å². The van der Waals surface area contributed by atoms with E-state index in [0.717, 1.165) is 38.5 Å². The van der Waals surface area contributed by atoms with Crippen molar-refractivity contribution in [3.05, 3.63) is 0 Å². The van der Waals surface area contributed by atoms with E-state index in [0.29, 0.717) is 12.5 Å². The zero-order valence-corrected chi connectivity index (χ0v) is 17.1. The van der Waals surface area contributed by atoms with Crippen LogP contribution in [0.1, 0.15) is 72.6 Å². The molecule has 4 unspecified atom stereocenters. The summed E-state index contributed by atoms with van der Waals surface area (Å²) in [5.41, 5.74) is -1.56. The SMILES string of the molecule is CC(C)(COC(=O)C1(C)CCCC(O)C1)COC(=O)[C@]1(C)CCC2OC2C1. The smallest absolute Gasteiger partial charge is 0.311 e. The molecule has 1 saturated heterocycles. The summed E-state index contributed by atoms with van der Waals surface area (Å²) in [6, 6.07) is 0. The van der Waals surface area contributed by atoms with Gasteiger partial charge in [-0.1, -0.05) is 13.8 Å². The fourth-order valence-corrected chi connectivity index (χ4v) is 4.35. The van der Waals surface area contributed by atoms with Gasteiger partial charge in [0.2, 0.25) is 0 Å². The number of fused-ring (bicyclic) bond motifs is 1. The van der Waals surface area contributed by atoms with Crippen LogP contribution in [0.25, 0.3) is 0 Å². The van der Waals surface area contributed by atoms with Crippen LogP contribution in [0.15, 0.2) is 0 Å². The van der Waals surface area contributed by atoms with Gasteiger partial charge in [-0.25, -0.2) is 0 Å². The van der Waals surface area contributed by atoms with E-state index in [1.807, 2.05) is 27.7 Å². The van der Waals surface area contributed by atoms with Crippen LogP contribution in [0, 0.1) is 16.2 Å². The fourth-order valence-electron chi connectivity index (χ4n) is 4.35. The second kappa shape index (κ2) is 7.36. The lowest BCUT2D eigenvalue weighted by Crippen LogP contribution is -2.40. The second-order valence-electron chi connectivity index (χ2n) is 10.1. The van der Waals surface area contributed by atoms with E-state index in [1.54, 1.807) is 0 Å². The lowest BCUT2D eigenvalue weighted by Gasteiger charge is -2.35. The molecule has 2 saturated carbocycles. The third-order valence-electron chi connectivity index (χ3n) is 6.45.